The van der Waals surface area contributed by atoms with E-state index in [0.29, 0.717) is 12.1 Å². The maximum absolute atomic E-state index is 12.6. The van der Waals surface area contributed by atoms with Gasteiger partial charge in [0.15, 0.2) is 0 Å². The molecule has 5 nitrogen and oxygen atoms in total. The van der Waals surface area contributed by atoms with E-state index >= 15 is 0 Å². The van der Waals surface area contributed by atoms with E-state index in [1.807, 2.05) is 32.0 Å². The van der Waals surface area contributed by atoms with Crippen molar-refractivity contribution < 1.29 is 13.2 Å². The predicted octanol–water partition coefficient (Wildman–Crippen LogP) is 4.73. The van der Waals surface area contributed by atoms with E-state index in [1.165, 1.54) is 21.7 Å². The normalized spacial score (nSPS) is 12.5. The Morgan fingerprint density at radius 2 is 1.63 bits per heavy atom. The van der Waals surface area contributed by atoms with Crippen LogP contribution in [-0.4, -0.2) is 27.1 Å². The van der Waals surface area contributed by atoms with E-state index in [0.717, 1.165) is 23.1 Å². The fourth-order valence-electron chi connectivity index (χ4n) is 3.72. The standard InChI is InChI=1S/C24H34N2O3S/c1-7-22(21-13-11-17(2)15-20(21)5)25-24(27)9-8-14-26(30(6,28)29)23-16-18(3)10-12-19(23)4/h10-13,15-16,22H,7-9,14H2,1-6H3,(H,25,27). The smallest absolute Gasteiger partial charge is 0.232 e. The van der Waals surface area contributed by atoms with Crippen LogP contribution in [0.4, 0.5) is 5.69 Å². The third kappa shape index (κ3) is 6.33. The average molecular weight is 431 g/mol. The molecule has 0 radical (unpaired) electrons. The van der Waals surface area contributed by atoms with Crippen LogP contribution in [-0.2, 0) is 14.8 Å². The molecule has 2 aromatic carbocycles. The summed E-state index contributed by atoms with van der Waals surface area (Å²) in [5.41, 5.74) is 6.08. The lowest BCUT2D eigenvalue weighted by Crippen LogP contribution is -2.33. The molecule has 2 rings (SSSR count). The van der Waals surface area contributed by atoms with Gasteiger partial charge >= 0.3 is 0 Å². The number of aryl methyl sites for hydroxylation is 4. The van der Waals surface area contributed by atoms with Gasteiger partial charge in [0.1, 0.15) is 0 Å². The SMILES string of the molecule is CCC(NC(=O)CCCN(c1cc(C)ccc1C)S(C)(=O)=O)c1ccc(C)cc1C. The number of carbonyl (C=O) groups is 1. The third-order valence-electron chi connectivity index (χ3n) is 5.34. The van der Waals surface area contributed by atoms with Gasteiger partial charge in [0.05, 0.1) is 18.0 Å². The Kier molecular flexibility index (Phi) is 8.07. The minimum Gasteiger partial charge on any atom is -0.349 e. The van der Waals surface area contributed by atoms with Gasteiger partial charge < -0.3 is 5.32 Å². The molecule has 0 aliphatic rings. The fourth-order valence-corrected chi connectivity index (χ4v) is 4.73. The van der Waals surface area contributed by atoms with Crippen LogP contribution in [0.3, 0.4) is 0 Å². The molecule has 164 valence electrons. The summed E-state index contributed by atoms with van der Waals surface area (Å²) in [7, 11) is -3.43. The van der Waals surface area contributed by atoms with Gasteiger partial charge in [-0.25, -0.2) is 8.42 Å². The number of hydrogen-bond acceptors (Lipinski definition) is 3. The maximum Gasteiger partial charge on any atom is 0.232 e. The maximum atomic E-state index is 12.6. The van der Waals surface area contributed by atoms with Crippen molar-refractivity contribution in [3.63, 3.8) is 0 Å². The monoisotopic (exact) mass is 430 g/mol. The van der Waals surface area contributed by atoms with Crippen molar-refractivity contribution >= 4 is 21.6 Å². The molecule has 0 aliphatic carbocycles. The van der Waals surface area contributed by atoms with Crippen molar-refractivity contribution in [1.82, 2.24) is 5.32 Å². The first-order chi connectivity index (χ1) is 14.0. The number of anilines is 1. The van der Waals surface area contributed by atoms with Gasteiger partial charge in [-0.1, -0.05) is 42.8 Å². The number of amides is 1. The van der Waals surface area contributed by atoms with Gasteiger partial charge in [-0.3, -0.25) is 9.10 Å². The van der Waals surface area contributed by atoms with E-state index in [9.17, 15) is 13.2 Å². The highest BCUT2D eigenvalue weighted by Gasteiger charge is 2.20. The number of rotatable bonds is 9. The summed E-state index contributed by atoms with van der Waals surface area (Å²) in [4.78, 5) is 12.6. The Morgan fingerprint density at radius 1 is 1.00 bits per heavy atom. The zero-order valence-corrected chi connectivity index (χ0v) is 19.8. The quantitative estimate of drug-likeness (QED) is 0.625. The van der Waals surface area contributed by atoms with E-state index in [2.05, 4.69) is 44.3 Å². The van der Waals surface area contributed by atoms with Crippen LogP contribution in [0.15, 0.2) is 36.4 Å². The van der Waals surface area contributed by atoms with Crippen LogP contribution in [0.5, 0.6) is 0 Å². The molecule has 2 aromatic rings. The second kappa shape index (κ2) is 10.1. The fraction of sp³-hybridized carbons (Fsp3) is 0.458. The van der Waals surface area contributed by atoms with Crippen LogP contribution < -0.4 is 9.62 Å². The summed E-state index contributed by atoms with van der Waals surface area (Å²) in [6, 6.07) is 12.0. The molecule has 0 aromatic heterocycles. The lowest BCUT2D eigenvalue weighted by Gasteiger charge is -2.25. The number of benzene rings is 2. The molecule has 1 amide bonds. The molecule has 30 heavy (non-hydrogen) atoms. The number of nitrogens with zero attached hydrogens (tertiary/aromatic N) is 1. The molecular formula is C24H34N2O3S. The van der Waals surface area contributed by atoms with Crippen molar-refractivity contribution in [3.05, 3.63) is 64.2 Å². The summed E-state index contributed by atoms with van der Waals surface area (Å²) >= 11 is 0. The van der Waals surface area contributed by atoms with Crippen molar-refractivity contribution in [2.24, 2.45) is 0 Å². The van der Waals surface area contributed by atoms with Gasteiger partial charge in [0.25, 0.3) is 0 Å². The minimum atomic E-state index is -3.43. The molecular weight excluding hydrogens is 396 g/mol. The molecule has 0 heterocycles. The van der Waals surface area contributed by atoms with Crippen LogP contribution in [0.25, 0.3) is 0 Å². The highest BCUT2D eigenvalue weighted by Crippen LogP contribution is 2.25. The Balaban J connectivity index is 2.04. The van der Waals surface area contributed by atoms with Crippen LogP contribution >= 0.6 is 0 Å². The zero-order valence-electron chi connectivity index (χ0n) is 19.0. The third-order valence-corrected chi connectivity index (χ3v) is 6.52. The number of nitrogens with one attached hydrogen (secondary N) is 1. The summed E-state index contributed by atoms with van der Waals surface area (Å²) in [6.07, 6.45) is 2.74. The summed E-state index contributed by atoms with van der Waals surface area (Å²) in [6.45, 7) is 10.3. The van der Waals surface area contributed by atoms with Crippen LogP contribution in [0.1, 0.15) is 60.0 Å². The number of carbonyl (C=O) groups excluding carboxylic acids is 1. The molecule has 0 saturated carbocycles. The van der Waals surface area contributed by atoms with Crippen LogP contribution in [0, 0.1) is 27.7 Å². The second-order valence-electron chi connectivity index (χ2n) is 8.12. The first-order valence-electron chi connectivity index (χ1n) is 10.4. The molecule has 0 fully saturated rings. The largest absolute Gasteiger partial charge is 0.349 e. The van der Waals surface area contributed by atoms with Gasteiger partial charge in [0.2, 0.25) is 15.9 Å². The average Bonchev–Trinajstić information content (AvgIpc) is 2.65. The summed E-state index contributed by atoms with van der Waals surface area (Å²) < 4.78 is 26.1. The molecule has 0 aliphatic heterocycles. The first-order valence-corrected chi connectivity index (χ1v) is 12.3. The molecule has 1 N–H and O–H groups in total. The molecule has 1 atom stereocenters. The number of sulfonamides is 1. The first kappa shape index (κ1) is 23.9. The Hall–Kier alpha value is -2.34. The van der Waals surface area contributed by atoms with Crippen molar-refractivity contribution in [2.45, 2.75) is 59.9 Å². The van der Waals surface area contributed by atoms with Gasteiger partial charge in [0, 0.05) is 13.0 Å². The summed E-state index contributed by atoms with van der Waals surface area (Å²) in [5, 5.41) is 3.11. The van der Waals surface area contributed by atoms with Crippen molar-refractivity contribution in [3.8, 4) is 0 Å². The van der Waals surface area contributed by atoms with Gasteiger partial charge in [-0.05, 0) is 68.9 Å². The molecule has 0 saturated heterocycles. The van der Waals surface area contributed by atoms with E-state index in [4.69, 9.17) is 0 Å². The number of hydrogen-bond donors (Lipinski definition) is 1. The lowest BCUT2D eigenvalue weighted by molar-refractivity contribution is -0.121. The van der Waals surface area contributed by atoms with Crippen molar-refractivity contribution in [2.75, 3.05) is 17.1 Å². The van der Waals surface area contributed by atoms with Crippen LogP contribution in [0.2, 0.25) is 0 Å². The van der Waals surface area contributed by atoms with E-state index in [-0.39, 0.29) is 24.9 Å². The van der Waals surface area contributed by atoms with E-state index in [1.54, 1.807) is 0 Å². The van der Waals surface area contributed by atoms with Crippen molar-refractivity contribution in [1.29, 1.82) is 0 Å². The van der Waals surface area contributed by atoms with E-state index < -0.39 is 10.0 Å². The predicted molar refractivity (Wildman–Crippen MR) is 124 cm³/mol. The van der Waals surface area contributed by atoms with Gasteiger partial charge in [-0.2, -0.15) is 0 Å². The zero-order chi connectivity index (χ0) is 22.5. The minimum absolute atomic E-state index is 0.0388. The Bertz CT molecular complexity index is 1000. The Labute approximate surface area is 181 Å². The molecule has 0 spiro atoms. The molecule has 6 heteroatoms. The van der Waals surface area contributed by atoms with Gasteiger partial charge in [-0.15, -0.1) is 0 Å². The molecule has 1 unspecified atom stereocenters. The lowest BCUT2D eigenvalue weighted by atomic mass is 9.97. The second-order valence-corrected chi connectivity index (χ2v) is 10.0. The topological polar surface area (TPSA) is 66.5 Å². The highest BCUT2D eigenvalue weighted by atomic mass is 32.2. The molecule has 0 bridgehead atoms. The summed E-state index contributed by atoms with van der Waals surface area (Å²) in [5.74, 6) is -0.0590. The Morgan fingerprint density at radius 3 is 2.23 bits per heavy atom. The highest BCUT2D eigenvalue weighted by molar-refractivity contribution is 7.92.